The average Bonchev–Trinajstić information content (AvgIpc) is 2.17. The first-order valence-corrected chi connectivity index (χ1v) is 4.31. The third kappa shape index (κ3) is 1.92. The fourth-order valence-electron chi connectivity index (χ4n) is 1.26. The van der Waals surface area contributed by atoms with Crippen molar-refractivity contribution in [3.8, 4) is 5.75 Å². The molecule has 14 heavy (non-hydrogen) atoms. The van der Waals surface area contributed by atoms with Crippen LogP contribution >= 0.6 is 0 Å². The second-order valence-corrected chi connectivity index (χ2v) is 3.68. The van der Waals surface area contributed by atoms with Crippen molar-refractivity contribution in [3.05, 3.63) is 29.6 Å². The lowest BCUT2D eigenvalue weighted by molar-refractivity contribution is -0.111. The number of hydrogen-bond donors (Lipinski definition) is 0. The summed E-state index contributed by atoms with van der Waals surface area (Å²) < 4.78 is 17.9. The molecular weight excluding hydrogens is 183 g/mol. The Labute approximate surface area is 82.7 Å². The monoisotopic (exact) mass is 196 g/mol. The van der Waals surface area contributed by atoms with Crippen LogP contribution in [0.1, 0.15) is 19.4 Å². The molecule has 0 saturated carbocycles. The van der Waals surface area contributed by atoms with Crippen molar-refractivity contribution >= 4 is 6.29 Å². The Morgan fingerprint density at radius 3 is 2.57 bits per heavy atom. The van der Waals surface area contributed by atoms with Gasteiger partial charge < -0.3 is 9.53 Å². The van der Waals surface area contributed by atoms with E-state index in [1.54, 1.807) is 19.9 Å². The summed E-state index contributed by atoms with van der Waals surface area (Å²) >= 11 is 0. The second-order valence-electron chi connectivity index (χ2n) is 3.68. The first-order valence-electron chi connectivity index (χ1n) is 4.31. The van der Waals surface area contributed by atoms with Crippen LogP contribution < -0.4 is 4.74 Å². The van der Waals surface area contributed by atoms with Gasteiger partial charge in [-0.3, -0.25) is 0 Å². The molecule has 76 valence electrons. The lowest BCUT2D eigenvalue weighted by atomic mass is 9.86. The average molecular weight is 196 g/mol. The normalized spacial score (nSPS) is 11.1. The lowest BCUT2D eigenvalue weighted by Crippen LogP contribution is -2.19. The number of carbonyl (C=O) groups is 1. The number of ether oxygens (including phenoxy) is 1. The highest BCUT2D eigenvalue weighted by molar-refractivity contribution is 5.69. The molecule has 1 aromatic rings. The van der Waals surface area contributed by atoms with Crippen LogP contribution in [-0.2, 0) is 10.2 Å². The van der Waals surface area contributed by atoms with E-state index >= 15 is 0 Å². The van der Waals surface area contributed by atoms with Gasteiger partial charge >= 0.3 is 0 Å². The minimum atomic E-state index is -0.654. The molecule has 0 radical (unpaired) electrons. The summed E-state index contributed by atoms with van der Waals surface area (Å²) in [7, 11) is 1.46. The van der Waals surface area contributed by atoms with Crippen molar-refractivity contribution in [1.29, 1.82) is 0 Å². The van der Waals surface area contributed by atoms with Gasteiger partial charge in [-0.1, -0.05) is 6.07 Å². The van der Waals surface area contributed by atoms with Gasteiger partial charge in [-0.2, -0.15) is 0 Å². The van der Waals surface area contributed by atoms with Gasteiger partial charge in [0.15, 0.2) is 0 Å². The van der Waals surface area contributed by atoms with Gasteiger partial charge in [0.2, 0.25) is 0 Å². The summed E-state index contributed by atoms with van der Waals surface area (Å²) in [5.41, 5.74) is 0.0374. The molecular formula is C11H13FO2. The largest absolute Gasteiger partial charge is 0.496 e. The molecule has 0 heterocycles. The molecule has 0 N–H and O–H groups in total. The number of methoxy groups -OCH3 is 1. The SMILES string of the molecule is COc1cc(F)ccc1C(C)(C)C=O. The van der Waals surface area contributed by atoms with Crippen LogP contribution in [0.4, 0.5) is 4.39 Å². The van der Waals surface area contributed by atoms with Crippen LogP contribution in [0.3, 0.4) is 0 Å². The molecule has 0 saturated heterocycles. The van der Waals surface area contributed by atoms with Gasteiger partial charge in [0.1, 0.15) is 17.9 Å². The Hall–Kier alpha value is -1.38. The van der Waals surface area contributed by atoms with E-state index in [2.05, 4.69) is 0 Å². The Bertz CT molecular complexity index is 345. The molecule has 2 nitrogen and oxygen atoms in total. The molecule has 0 amide bonds. The van der Waals surface area contributed by atoms with E-state index in [4.69, 9.17) is 4.74 Å². The van der Waals surface area contributed by atoms with E-state index < -0.39 is 5.41 Å². The molecule has 1 rings (SSSR count). The number of aldehydes is 1. The van der Waals surface area contributed by atoms with Gasteiger partial charge in [-0.05, 0) is 19.9 Å². The van der Waals surface area contributed by atoms with Crippen LogP contribution in [0.25, 0.3) is 0 Å². The summed E-state index contributed by atoms with van der Waals surface area (Å²) in [6, 6.07) is 4.17. The Morgan fingerprint density at radius 1 is 1.43 bits per heavy atom. The predicted molar refractivity (Wildman–Crippen MR) is 52.0 cm³/mol. The standard InChI is InChI=1S/C11H13FO2/c1-11(2,7-13)9-5-4-8(12)6-10(9)14-3/h4-7H,1-3H3. The first kappa shape index (κ1) is 10.7. The van der Waals surface area contributed by atoms with E-state index in [9.17, 15) is 9.18 Å². The minimum absolute atomic E-state index is 0.368. The minimum Gasteiger partial charge on any atom is -0.496 e. The maximum Gasteiger partial charge on any atom is 0.130 e. The number of carbonyl (C=O) groups excluding carboxylic acids is 1. The van der Waals surface area contributed by atoms with Gasteiger partial charge in [0.25, 0.3) is 0 Å². The Balaban J connectivity index is 3.27. The van der Waals surface area contributed by atoms with Crippen molar-refractivity contribution < 1.29 is 13.9 Å². The Kier molecular flexibility index (Phi) is 2.89. The molecule has 3 heteroatoms. The summed E-state index contributed by atoms with van der Waals surface area (Å²) in [5, 5.41) is 0. The zero-order chi connectivity index (χ0) is 10.8. The molecule has 0 spiro atoms. The van der Waals surface area contributed by atoms with Gasteiger partial charge in [0.05, 0.1) is 7.11 Å². The predicted octanol–water partition coefficient (Wildman–Crippen LogP) is 2.31. The molecule has 0 bridgehead atoms. The third-order valence-electron chi connectivity index (χ3n) is 2.15. The quantitative estimate of drug-likeness (QED) is 0.693. The van der Waals surface area contributed by atoms with Crippen molar-refractivity contribution in [3.63, 3.8) is 0 Å². The van der Waals surface area contributed by atoms with E-state index in [1.807, 2.05) is 0 Å². The van der Waals surface area contributed by atoms with Gasteiger partial charge in [-0.25, -0.2) is 4.39 Å². The van der Waals surface area contributed by atoms with E-state index in [0.29, 0.717) is 11.3 Å². The first-order chi connectivity index (χ1) is 6.51. The van der Waals surface area contributed by atoms with E-state index in [1.165, 1.54) is 19.2 Å². The highest BCUT2D eigenvalue weighted by Gasteiger charge is 2.23. The van der Waals surface area contributed by atoms with E-state index in [0.717, 1.165) is 6.29 Å². The lowest BCUT2D eigenvalue weighted by Gasteiger charge is -2.20. The van der Waals surface area contributed by atoms with Gasteiger partial charge in [0, 0.05) is 17.0 Å². The van der Waals surface area contributed by atoms with Crippen molar-refractivity contribution in [2.24, 2.45) is 0 Å². The summed E-state index contributed by atoms with van der Waals surface area (Å²) in [4.78, 5) is 10.8. The maximum absolute atomic E-state index is 12.9. The molecule has 0 aromatic heterocycles. The van der Waals surface area contributed by atoms with Crippen LogP contribution in [0.15, 0.2) is 18.2 Å². The topological polar surface area (TPSA) is 26.3 Å². The number of halogens is 1. The summed E-state index contributed by atoms with van der Waals surface area (Å²) in [6.45, 7) is 3.52. The zero-order valence-electron chi connectivity index (χ0n) is 8.50. The highest BCUT2D eigenvalue weighted by atomic mass is 19.1. The van der Waals surface area contributed by atoms with Crippen LogP contribution in [0.5, 0.6) is 5.75 Å². The third-order valence-corrected chi connectivity index (χ3v) is 2.15. The zero-order valence-corrected chi connectivity index (χ0v) is 8.50. The summed E-state index contributed by atoms with van der Waals surface area (Å²) in [6.07, 6.45) is 0.822. The highest BCUT2D eigenvalue weighted by Crippen LogP contribution is 2.30. The molecule has 0 aliphatic carbocycles. The second kappa shape index (κ2) is 3.78. The van der Waals surface area contributed by atoms with Crippen LogP contribution in [0.2, 0.25) is 0 Å². The van der Waals surface area contributed by atoms with Crippen molar-refractivity contribution in [1.82, 2.24) is 0 Å². The van der Waals surface area contributed by atoms with Crippen LogP contribution in [0, 0.1) is 5.82 Å². The van der Waals surface area contributed by atoms with Crippen molar-refractivity contribution in [2.75, 3.05) is 7.11 Å². The maximum atomic E-state index is 12.9. The molecule has 0 atom stereocenters. The smallest absolute Gasteiger partial charge is 0.130 e. The number of rotatable bonds is 3. The van der Waals surface area contributed by atoms with E-state index in [-0.39, 0.29) is 5.82 Å². The van der Waals surface area contributed by atoms with Crippen LogP contribution in [-0.4, -0.2) is 13.4 Å². The molecule has 0 fully saturated rings. The molecule has 0 aliphatic heterocycles. The Morgan fingerprint density at radius 2 is 2.07 bits per heavy atom. The number of benzene rings is 1. The fourth-order valence-corrected chi connectivity index (χ4v) is 1.26. The fraction of sp³-hybridized carbons (Fsp3) is 0.364. The van der Waals surface area contributed by atoms with Crippen molar-refractivity contribution in [2.45, 2.75) is 19.3 Å². The summed E-state index contributed by atoms with van der Waals surface area (Å²) in [5.74, 6) is 0.0365. The molecule has 0 aliphatic rings. The molecule has 1 aromatic carbocycles. The van der Waals surface area contributed by atoms with Gasteiger partial charge in [-0.15, -0.1) is 0 Å². The molecule has 0 unspecified atom stereocenters. The number of hydrogen-bond acceptors (Lipinski definition) is 2.